The van der Waals surface area contributed by atoms with Crippen LogP contribution in [0, 0.1) is 0 Å². The third-order valence-electron chi connectivity index (χ3n) is 3.30. The first-order chi connectivity index (χ1) is 9.22. The maximum absolute atomic E-state index is 11.8. The van der Waals surface area contributed by atoms with Crippen molar-refractivity contribution in [3.63, 3.8) is 0 Å². The lowest BCUT2D eigenvalue weighted by atomic mass is 9.94. The van der Waals surface area contributed by atoms with E-state index in [0.29, 0.717) is 6.42 Å². The van der Waals surface area contributed by atoms with E-state index < -0.39 is 0 Å². The Hall–Kier alpha value is -1.25. The summed E-state index contributed by atoms with van der Waals surface area (Å²) in [6.45, 7) is 2.22. The molecule has 1 rings (SSSR count). The number of ketones is 1. The van der Waals surface area contributed by atoms with Gasteiger partial charge in [0.1, 0.15) is 14.0 Å². The Balaban J connectivity index is 2.40. The zero-order valence-corrected chi connectivity index (χ0v) is 12.2. The van der Waals surface area contributed by atoms with Gasteiger partial charge in [-0.05, 0) is 25.0 Å². The molecule has 0 saturated heterocycles. The zero-order valence-electron chi connectivity index (χ0n) is 12.2. The van der Waals surface area contributed by atoms with Crippen molar-refractivity contribution in [1.82, 2.24) is 0 Å². The molecule has 0 saturated carbocycles. The Bertz CT molecular complexity index is 356. The smallest absolute Gasteiger partial charge is 0.159 e. The van der Waals surface area contributed by atoms with Crippen LogP contribution in [0.5, 0.6) is 0 Å². The van der Waals surface area contributed by atoms with E-state index in [2.05, 4.69) is 6.92 Å². The van der Waals surface area contributed by atoms with Crippen molar-refractivity contribution in [2.75, 3.05) is 0 Å². The van der Waals surface area contributed by atoms with E-state index in [1.54, 1.807) is 12.3 Å². The molecular weight excluding hydrogens is 235 g/mol. The summed E-state index contributed by atoms with van der Waals surface area (Å²) in [5.41, 5.74) is 1.06. The molecule has 1 unspecified atom stereocenters. The lowest BCUT2D eigenvalue weighted by Crippen LogP contribution is -2.15. The van der Waals surface area contributed by atoms with Gasteiger partial charge in [-0.15, -0.1) is 0 Å². The molecular formula is C16H25BO2. The predicted molar refractivity (Wildman–Crippen MR) is 82.8 cm³/mol. The summed E-state index contributed by atoms with van der Waals surface area (Å²) in [5.74, 6) is 0.154. The first kappa shape index (κ1) is 15.8. The van der Waals surface area contributed by atoms with Crippen LogP contribution in [0.15, 0.2) is 36.0 Å². The van der Waals surface area contributed by atoms with E-state index in [0.717, 1.165) is 18.3 Å². The topological polar surface area (TPSA) is 26.3 Å². The molecule has 0 aliphatic carbocycles. The highest BCUT2D eigenvalue weighted by Gasteiger charge is 2.12. The van der Waals surface area contributed by atoms with Crippen molar-refractivity contribution >= 4 is 13.6 Å². The molecule has 104 valence electrons. The van der Waals surface area contributed by atoms with Gasteiger partial charge in [-0.25, -0.2) is 0 Å². The van der Waals surface area contributed by atoms with Gasteiger partial charge in [-0.2, -0.15) is 0 Å². The molecule has 19 heavy (non-hydrogen) atoms. The molecule has 0 bridgehead atoms. The van der Waals surface area contributed by atoms with Gasteiger partial charge in [-0.1, -0.05) is 50.2 Å². The van der Waals surface area contributed by atoms with E-state index in [1.807, 2.05) is 26.1 Å². The van der Waals surface area contributed by atoms with Gasteiger partial charge >= 0.3 is 0 Å². The van der Waals surface area contributed by atoms with Crippen molar-refractivity contribution in [3.05, 3.63) is 36.0 Å². The molecule has 1 aliphatic heterocycles. The van der Waals surface area contributed by atoms with Crippen LogP contribution in [0.1, 0.15) is 51.9 Å². The van der Waals surface area contributed by atoms with Crippen molar-refractivity contribution in [3.8, 4) is 0 Å². The monoisotopic (exact) mass is 260 g/mol. The fraction of sp³-hybridized carbons (Fsp3) is 0.562. The molecule has 1 heterocycles. The Kier molecular flexibility index (Phi) is 8.03. The second kappa shape index (κ2) is 9.65. The maximum atomic E-state index is 11.8. The Labute approximate surface area is 118 Å². The number of carbonyl (C=O) groups is 1. The lowest BCUT2D eigenvalue weighted by Gasteiger charge is -2.15. The number of unbranched alkanes of at least 4 members (excludes halogenated alkanes) is 4. The van der Waals surface area contributed by atoms with Crippen LogP contribution in [0.25, 0.3) is 0 Å². The standard InChI is InChI=1S/C16H25BO2/c1-2-3-4-5-6-9-16-13-15(18)11-10-14(17)8-7-12-19-16/h7-8,10-12,16H,2-6,9,13,17H2,1H3/b11-10+,12-7+,14-8+. The van der Waals surface area contributed by atoms with Crippen molar-refractivity contribution < 1.29 is 9.53 Å². The van der Waals surface area contributed by atoms with E-state index in [9.17, 15) is 4.79 Å². The van der Waals surface area contributed by atoms with Crippen LogP contribution < -0.4 is 0 Å². The van der Waals surface area contributed by atoms with E-state index in [1.165, 1.54) is 25.7 Å². The van der Waals surface area contributed by atoms with Crippen LogP contribution >= 0.6 is 0 Å². The Morgan fingerprint density at radius 2 is 2.05 bits per heavy atom. The summed E-state index contributed by atoms with van der Waals surface area (Å²) in [5, 5.41) is 0. The normalized spacial score (nSPS) is 26.1. The number of allylic oxidation sites excluding steroid dienone is 5. The SMILES string of the molecule is BC1=C/C=C/OC(CCCCCCC)CC(=O)\C=C\1. The number of ether oxygens (including phenoxy) is 1. The number of carbonyl (C=O) groups excluding carboxylic acids is 1. The average molecular weight is 260 g/mol. The predicted octanol–water partition coefficient (Wildman–Crippen LogP) is 3.29. The molecule has 3 heteroatoms. The summed E-state index contributed by atoms with van der Waals surface area (Å²) in [6, 6.07) is 0. The van der Waals surface area contributed by atoms with Crippen molar-refractivity contribution in [2.45, 2.75) is 58.0 Å². The van der Waals surface area contributed by atoms with Crippen LogP contribution in [-0.4, -0.2) is 19.7 Å². The molecule has 0 aromatic rings. The van der Waals surface area contributed by atoms with Crippen LogP contribution in [0.4, 0.5) is 0 Å². The lowest BCUT2D eigenvalue weighted by molar-refractivity contribution is -0.116. The molecule has 0 aromatic heterocycles. The Morgan fingerprint density at radius 3 is 2.84 bits per heavy atom. The summed E-state index contributed by atoms with van der Waals surface area (Å²) in [7, 11) is 1.97. The van der Waals surface area contributed by atoms with Crippen LogP contribution in [0.2, 0.25) is 0 Å². The molecule has 0 radical (unpaired) electrons. The number of rotatable bonds is 6. The molecule has 0 aromatic carbocycles. The zero-order chi connectivity index (χ0) is 13.9. The second-order valence-corrected chi connectivity index (χ2v) is 5.20. The van der Waals surface area contributed by atoms with Gasteiger partial charge in [0, 0.05) is 6.42 Å². The Morgan fingerprint density at radius 1 is 1.26 bits per heavy atom. The first-order valence-electron chi connectivity index (χ1n) is 7.42. The summed E-state index contributed by atoms with van der Waals surface area (Å²) >= 11 is 0. The van der Waals surface area contributed by atoms with Gasteiger partial charge in [0.05, 0.1) is 6.26 Å². The minimum atomic E-state index is 0.0295. The van der Waals surface area contributed by atoms with Gasteiger partial charge < -0.3 is 4.74 Å². The average Bonchev–Trinajstić information content (AvgIpc) is 2.40. The highest BCUT2D eigenvalue weighted by molar-refractivity contribution is 6.23. The fourth-order valence-electron chi connectivity index (χ4n) is 2.11. The number of hydrogen-bond donors (Lipinski definition) is 0. The summed E-state index contributed by atoms with van der Waals surface area (Å²) in [4.78, 5) is 11.8. The van der Waals surface area contributed by atoms with Gasteiger partial charge in [0.2, 0.25) is 0 Å². The van der Waals surface area contributed by atoms with Crippen molar-refractivity contribution in [1.29, 1.82) is 0 Å². The van der Waals surface area contributed by atoms with Crippen LogP contribution in [0.3, 0.4) is 0 Å². The third-order valence-corrected chi connectivity index (χ3v) is 3.30. The first-order valence-corrected chi connectivity index (χ1v) is 7.42. The minimum absolute atomic E-state index is 0.0295. The molecule has 0 amide bonds. The summed E-state index contributed by atoms with van der Waals surface area (Å²) in [6.07, 6.45) is 16.8. The number of hydrogen-bond acceptors (Lipinski definition) is 2. The van der Waals surface area contributed by atoms with E-state index in [4.69, 9.17) is 4.74 Å². The fourth-order valence-corrected chi connectivity index (χ4v) is 2.11. The largest absolute Gasteiger partial charge is 0.498 e. The van der Waals surface area contributed by atoms with Gasteiger partial charge in [-0.3, -0.25) is 4.79 Å². The highest BCUT2D eigenvalue weighted by atomic mass is 16.5. The molecule has 0 N–H and O–H groups in total. The molecule has 1 atom stereocenters. The van der Waals surface area contributed by atoms with Gasteiger partial charge in [0.25, 0.3) is 0 Å². The van der Waals surface area contributed by atoms with Crippen molar-refractivity contribution in [2.24, 2.45) is 0 Å². The molecule has 0 spiro atoms. The maximum Gasteiger partial charge on any atom is 0.159 e. The second-order valence-electron chi connectivity index (χ2n) is 5.20. The molecule has 1 aliphatic rings. The molecule has 2 nitrogen and oxygen atoms in total. The van der Waals surface area contributed by atoms with Gasteiger partial charge in [0.15, 0.2) is 5.78 Å². The van der Waals surface area contributed by atoms with E-state index in [-0.39, 0.29) is 11.9 Å². The minimum Gasteiger partial charge on any atom is -0.498 e. The summed E-state index contributed by atoms with van der Waals surface area (Å²) < 4.78 is 5.66. The van der Waals surface area contributed by atoms with Crippen LogP contribution in [-0.2, 0) is 9.53 Å². The molecule has 0 fully saturated rings. The highest BCUT2D eigenvalue weighted by Crippen LogP contribution is 2.14. The van der Waals surface area contributed by atoms with E-state index >= 15 is 0 Å². The third kappa shape index (κ3) is 7.71. The quantitative estimate of drug-likeness (QED) is 0.541.